The summed E-state index contributed by atoms with van der Waals surface area (Å²) in [6, 6.07) is 16.5. The average molecular weight is 517 g/mol. The number of cyclic esters (lactones) is 1. The number of nitrogens with zero attached hydrogens (tertiary/aromatic N) is 1. The molecule has 0 saturated heterocycles. The van der Waals surface area contributed by atoms with Gasteiger partial charge < -0.3 is 14.2 Å². The lowest BCUT2D eigenvalue weighted by atomic mass is 10.1. The van der Waals surface area contributed by atoms with E-state index >= 15 is 0 Å². The van der Waals surface area contributed by atoms with Crippen molar-refractivity contribution in [1.82, 2.24) is 0 Å². The monoisotopic (exact) mass is 515 g/mol. The molecule has 0 amide bonds. The summed E-state index contributed by atoms with van der Waals surface area (Å²) < 4.78 is 30.6. The van der Waals surface area contributed by atoms with E-state index in [1.165, 1.54) is 37.5 Å². The van der Waals surface area contributed by atoms with Crippen molar-refractivity contribution in [3.05, 3.63) is 98.4 Å². The Morgan fingerprint density at radius 1 is 1.16 bits per heavy atom. The van der Waals surface area contributed by atoms with Gasteiger partial charge in [-0.15, -0.1) is 0 Å². The Balaban J connectivity index is 1.59. The van der Waals surface area contributed by atoms with Gasteiger partial charge in [-0.3, -0.25) is 0 Å². The van der Waals surface area contributed by atoms with Gasteiger partial charge >= 0.3 is 5.97 Å². The molecular formula is C24H16BrClFNO4. The Bertz CT molecular complexity index is 1240. The molecule has 0 aliphatic carbocycles. The number of carbonyl (C=O) groups excluding carboxylic acids is 1. The van der Waals surface area contributed by atoms with E-state index < -0.39 is 11.8 Å². The molecule has 0 aromatic heterocycles. The number of halogens is 3. The maximum Gasteiger partial charge on any atom is 0.363 e. The quantitative estimate of drug-likeness (QED) is 0.290. The fourth-order valence-electron chi connectivity index (χ4n) is 3.01. The van der Waals surface area contributed by atoms with Gasteiger partial charge in [0.05, 0.1) is 12.1 Å². The molecule has 5 nitrogen and oxygen atoms in total. The molecule has 3 aromatic carbocycles. The van der Waals surface area contributed by atoms with Crippen LogP contribution in [0.1, 0.15) is 16.7 Å². The number of carbonyl (C=O) groups is 1. The summed E-state index contributed by atoms with van der Waals surface area (Å²) >= 11 is 9.94. The number of hydrogen-bond donors (Lipinski definition) is 0. The molecule has 3 aromatic rings. The van der Waals surface area contributed by atoms with E-state index in [9.17, 15) is 9.18 Å². The van der Waals surface area contributed by atoms with E-state index in [1.54, 1.807) is 12.1 Å². The highest BCUT2D eigenvalue weighted by Crippen LogP contribution is 2.38. The van der Waals surface area contributed by atoms with Gasteiger partial charge in [0.2, 0.25) is 5.90 Å². The van der Waals surface area contributed by atoms with Crippen LogP contribution in [0.15, 0.2) is 75.8 Å². The van der Waals surface area contributed by atoms with Crippen LogP contribution in [0.25, 0.3) is 6.08 Å². The van der Waals surface area contributed by atoms with Gasteiger partial charge in [0.15, 0.2) is 17.2 Å². The number of esters is 1. The summed E-state index contributed by atoms with van der Waals surface area (Å²) in [6.07, 6.45) is 1.53. The van der Waals surface area contributed by atoms with Crippen LogP contribution in [0.3, 0.4) is 0 Å². The zero-order valence-corrected chi connectivity index (χ0v) is 19.1. The molecular weight excluding hydrogens is 501 g/mol. The predicted molar refractivity (Wildman–Crippen MR) is 123 cm³/mol. The molecule has 1 heterocycles. The van der Waals surface area contributed by atoms with Crippen molar-refractivity contribution >= 4 is 45.5 Å². The number of methoxy groups -OCH3 is 1. The van der Waals surface area contributed by atoms with E-state index in [0.717, 1.165) is 10.0 Å². The molecule has 1 aliphatic rings. The van der Waals surface area contributed by atoms with Crippen LogP contribution >= 0.6 is 27.5 Å². The molecule has 0 fully saturated rings. The minimum absolute atomic E-state index is 0.0873. The highest BCUT2D eigenvalue weighted by molar-refractivity contribution is 9.10. The largest absolute Gasteiger partial charge is 0.493 e. The smallest absolute Gasteiger partial charge is 0.363 e. The van der Waals surface area contributed by atoms with Crippen molar-refractivity contribution in [3.8, 4) is 11.5 Å². The first kappa shape index (κ1) is 22.0. The summed E-state index contributed by atoms with van der Waals surface area (Å²) in [5, 5.41) is 0.317. The maximum absolute atomic E-state index is 13.1. The van der Waals surface area contributed by atoms with Crippen LogP contribution < -0.4 is 9.47 Å². The number of hydrogen-bond acceptors (Lipinski definition) is 5. The molecule has 32 heavy (non-hydrogen) atoms. The topological polar surface area (TPSA) is 57.1 Å². The van der Waals surface area contributed by atoms with Crippen molar-refractivity contribution in [3.63, 3.8) is 0 Å². The second kappa shape index (κ2) is 9.54. The third-order valence-corrected chi connectivity index (χ3v) is 5.65. The SMILES string of the molecule is COc1cc(/C=C2\N=C(c3ccc(F)cc3)OC2=O)cc(Cl)c1OCc1ccccc1Br. The molecule has 1 aliphatic heterocycles. The molecule has 0 unspecified atom stereocenters. The lowest BCUT2D eigenvalue weighted by Crippen LogP contribution is -2.05. The molecule has 4 rings (SSSR count). The fraction of sp³-hybridized carbons (Fsp3) is 0.0833. The maximum atomic E-state index is 13.1. The van der Waals surface area contributed by atoms with Gasteiger partial charge in [-0.1, -0.05) is 45.7 Å². The molecule has 0 bridgehead atoms. The zero-order chi connectivity index (χ0) is 22.7. The van der Waals surface area contributed by atoms with E-state index in [2.05, 4.69) is 20.9 Å². The highest BCUT2D eigenvalue weighted by Gasteiger charge is 2.24. The molecule has 0 radical (unpaired) electrons. The minimum Gasteiger partial charge on any atom is -0.493 e. The second-order valence-corrected chi connectivity index (χ2v) is 8.02. The minimum atomic E-state index is -0.617. The first-order chi connectivity index (χ1) is 15.4. The van der Waals surface area contributed by atoms with Crippen molar-refractivity contribution < 1.29 is 23.4 Å². The van der Waals surface area contributed by atoms with Crippen LogP contribution in [0, 0.1) is 5.82 Å². The van der Waals surface area contributed by atoms with Crippen LogP contribution in [-0.4, -0.2) is 19.0 Å². The van der Waals surface area contributed by atoms with Crippen molar-refractivity contribution in [2.45, 2.75) is 6.61 Å². The zero-order valence-electron chi connectivity index (χ0n) is 16.8. The van der Waals surface area contributed by atoms with Gasteiger partial charge in [-0.2, -0.15) is 0 Å². The van der Waals surface area contributed by atoms with E-state index in [1.807, 2.05) is 24.3 Å². The van der Waals surface area contributed by atoms with Crippen LogP contribution in [0.4, 0.5) is 4.39 Å². The third-order valence-electron chi connectivity index (χ3n) is 4.60. The summed E-state index contributed by atoms with van der Waals surface area (Å²) in [5.41, 5.74) is 2.11. The number of aliphatic imine (C=N–C) groups is 1. The average Bonchev–Trinajstić information content (AvgIpc) is 3.14. The Morgan fingerprint density at radius 3 is 2.62 bits per heavy atom. The second-order valence-electron chi connectivity index (χ2n) is 6.76. The summed E-state index contributed by atoms with van der Waals surface area (Å²) in [7, 11) is 1.50. The van der Waals surface area contributed by atoms with E-state index in [0.29, 0.717) is 27.6 Å². The lowest BCUT2D eigenvalue weighted by molar-refractivity contribution is -0.129. The standard InChI is InChI=1S/C24H16BrClFNO4/c1-30-21-12-14(10-19(26)22(21)31-13-16-4-2-3-5-18(16)25)11-20-24(29)32-23(28-20)15-6-8-17(27)9-7-15/h2-12H,13H2,1H3/b20-11-. The molecule has 8 heteroatoms. The summed E-state index contributed by atoms with van der Waals surface area (Å²) in [5.74, 6) is -0.110. The molecule has 0 saturated carbocycles. The Morgan fingerprint density at radius 2 is 1.91 bits per heavy atom. The Labute approximate surface area is 197 Å². The normalized spacial score (nSPS) is 14.3. The summed E-state index contributed by atoms with van der Waals surface area (Å²) in [6.45, 7) is 0.287. The molecule has 0 atom stereocenters. The first-order valence-electron chi connectivity index (χ1n) is 9.47. The van der Waals surface area contributed by atoms with Crippen LogP contribution in [0.5, 0.6) is 11.5 Å². The molecule has 0 N–H and O–H groups in total. The predicted octanol–water partition coefficient (Wildman–Crippen LogP) is 6.17. The van der Waals surface area contributed by atoms with Gasteiger partial charge in [0, 0.05) is 15.6 Å². The Hall–Kier alpha value is -3.16. The van der Waals surface area contributed by atoms with Crippen molar-refractivity contribution in [2.75, 3.05) is 7.11 Å². The van der Waals surface area contributed by atoms with Gasteiger partial charge in [0.1, 0.15) is 12.4 Å². The summed E-state index contributed by atoms with van der Waals surface area (Å²) in [4.78, 5) is 16.5. The molecule has 162 valence electrons. The molecule has 0 spiro atoms. The highest BCUT2D eigenvalue weighted by atomic mass is 79.9. The van der Waals surface area contributed by atoms with Gasteiger partial charge in [-0.25, -0.2) is 14.2 Å². The van der Waals surface area contributed by atoms with Gasteiger partial charge in [0.25, 0.3) is 0 Å². The van der Waals surface area contributed by atoms with Gasteiger partial charge in [-0.05, 0) is 54.1 Å². The fourth-order valence-corrected chi connectivity index (χ4v) is 3.68. The van der Waals surface area contributed by atoms with E-state index in [-0.39, 0.29) is 18.2 Å². The number of benzene rings is 3. The van der Waals surface area contributed by atoms with Crippen molar-refractivity contribution in [1.29, 1.82) is 0 Å². The van der Waals surface area contributed by atoms with Crippen molar-refractivity contribution in [2.24, 2.45) is 4.99 Å². The van der Waals surface area contributed by atoms with Crippen LogP contribution in [-0.2, 0) is 16.1 Å². The van der Waals surface area contributed by atoms with E-state index in [4.69, 9.17) is 25.8 Å². The third kappa shape index (κ3) is 4.84. The number of rotatable bonds is 6. The van der Waals surface area contributed by atoms with Crippen LogP contribution in [0.2, 0.25) is 5.02 Å². The first-order valence-corrected chi connectivity index (χ1v) is 10.6. The Kier molecular flexibility index (Phi) is 6.58. The number of ether oxygens (including phenoxy) is 3. The lowest BCUT2D eigenvalue weighted by Gasteiger charge is -2.14.